The van der Waals surface area contributed by atoms with Crippen molar-refractivity contribution >= 4 is 5.91 Å². The molecule has 0 spiro atoms. The summed E-state index contributed by atoms with van der Waals surface area (Å²) in [5.41, 5.74) is 2.34. The van der Waals surface area contributed by atoms with Gasteiger partial charge in [0, 0.05) is 13.1 Å². The fourth-order valence-electron chi connectivity index (χ4n) is 2.89. The summed E-state index contributed by atoms with van der Waals surface area (Å²) in [5.74, 6) is -0.214. The fourth-order valence-corrected chi connectivity index (χ4v) is 2.89. The quantitative estimate of drug-likeness (QED) is 0.778. The molecule has 0 fully saturated rings. The Morgan fingerprint density at radius 3 is 2.91 bits per heavy atom. The molecule has 0 bridgehead atoms. The molecule has 0 saturated heterocycles. The third kappa shape index (κ3) is 5.79. The van der Waals surface area contributed by atoms with E-state index < -0.39 is 0 Å². The minimum absolute atomic E-state index is 0.0281. The van der Waals surface area contributed by atoms with Crippen LogP contribution in [0.5, 0.6) is 0 Å². The van der Waals surface area contributed by atoms with Crippen molar-refractivity contribution in [2.75, 3.05) is 13.6 Å². The van der Waals surface area contributed by atoms with Crippen molar-refractivity contribution in [3.63, 3.8) is 0 Å². The zero-order valence-corrected chi connectivity index (χ0v) is 14.1. The average Bonchev–Trinajstić information content (AvgIpc) is 2.55. The zero-order chi connectivity index (χ0) is 16.7. The first kappa shape index (κ1) is 17.7. The summed E-state index contributed by atoms with van der Waals surface area (Å²) in [4.78, 5) is 14.2. The van der Waals surface area contributed by atoms with Crippen LogP contribution in [0.15, 0.2) is 35.9 Å². The molecule has 1 aliphatic rings. The highest BCUT2D eigenvalue weighted by atomic mass is 19.1. The number of likely N-dealkylation sites (N-methyl/N-ethyl adjacent to an activating group) is 1. The number of allylic oxidation sites excluding steroid dienone is 1. The molecule has 0 radical (unpaired) electrons. The minimum atomic E-state index is -0.242. The summed E-state index contributed by atoms with van der Waals surface area (Å²) in [6.45, 7) is 3.13. The van der Waals surface area contributed by atoms with Gasteiger partial charge in [-0.05, 0) is 63.8 Å². The summed E-state index contributed by atoms with van der Waals surface area (Å²) >= 11 is 0. The van der Waals surface area contributed by atoms with Gasteiger partial charge < -0.3 is 5.32 Å². The van der Waals surface area contributed by atoms with Gasteiger partial charge in [-0.25, -0.2) is 4.39 Å². The molecule has 1 atom stereocenters. The summed E-state index contributed by atoms with van der Waals surface area (Å²) in [5, 5.41) is 3.01. The number of carbonyl (C=O) groups excluding carboxylic acids is 1. The van der Waals surface area contributed by atoms with Crippen LogP contribution >= 0.6 is 0 Å². The summed E-state index contributed by atoms with van der Waals surface area (Å²) in [7, 11) is 1.89. The van der Waals surface area contributed by atoms with E-state index in [1.165, 1.54) is 43.4 Å². The van der Waals surface area contributed by atoms with E-state index in [1.54, 1.807) is 6.07 Å². The number of hydrogen-bond donors (Lipinski definition) is 1. The summed E-state index contributed by atoms with van der Waals surface area (Å²) in [6.07, 6.45) is 8.17. The van der Waals surface area contributed by atoms with E-state index in [1.807, 2.05) is 24.9 Å². The van der Waals surface area contributed by atoms with Crippen LogP contribution in [0.25, 0.3) is 0 Å². The minimum Gasteiger partial charge on any atom is -0.354 e. The Hall–Kier alpha value is -1.68. The highest BCUT2D eigenvalue weighted by Crippen LogP contribution is 2.19. The maximum Gasteiger partial charge on any atom is 0.237 e. The number of rotatable bonds is 7. The lowest BCUT2D eigenvalue weighted by Gasteiger charge is -2.24. The normalized spacial score (nSPS) is 16.1. The van der Waals surface area contributed by atoms with Gasteiger partial charge in [-0.15, -0.1) is 0 Å². The van der Waals surface area contributed by atoms with Gasteiger partial charge in [-0.2, -0.15) is 0 Å². The number of nitrogens with zero attached hydrogens (tertiary/aromatic N) is 1. The summed E-state index contributed by atoms with van der Waals surface area (Å²) in [6, 6.07) is 6.27. The van der Waals surface area contributed by atoms with Crippen molar-refractivity contribution in [1.82, 2.24) is 10.2 Å². The predicted molar refractivity (Wildman–Crippen MR) is 91.5 cm³/mol. The van der Waals surface area contributed by atoms with Crippen LogP contribution < -0.4 is 5.32 Å². The van der Waals surface area contributed by atoms with Crippen molar-refractivity contribution < 1.29 is 9.18 Å². The Morgan fingerprint density at radius 1 is 1.39 bits per heavy atom. The van der Waals surface area contributed by atoms with E-state index in [2.05, 4.69) is 11.4 Å². The van der Waals surface area contributed by atoms with Gasteiger partial charge in [-0.3, -0.25) is 9.69 Å². The number of benzene rings is 1. The molecule has 23 heavy (non-hydrogen) atoms. The molecule has 1 aromatic rings. The smallest absolute Gasteiger partial charge is 0.237 e. The molecule has 1 aromatic carbocycles. The molecule has 0 aromatic heterocycles. The molecule has 0 heterocycles. The van der Waals surface area contributed by atoms with Crippen LogP contribution in [0.4, 0.5) is 4.39 Å². The average molecular weight is 318 g/mol. The van der Waals surface area contributed by atoms with Crippen molar-refractivity contribution in [3.8, 4) is 0 Å². The van der Waals surface area contributed by atoms with Gasteiger partial charge >= 0.3 is 0 Å². The van der Waals surface area contributed by atoms with Crippen molar-refractivity contribution in [2.24, 2.45) is 0 Å². The van der Waals surface area contributed by atoms with E-state index in [0.29, 0.717) is 13.1 Å². The molecule has 4 heteroatoms. The van der Waals surface area contributed by atoms with Gasteiger partial charge in [0.15, 0.2) is 0 Å². The van der Waals surface area contributed by atoms with Crippen LogP contribution in [0, 0.1) is 5.82 Å². The topological polar surface area (TPSA) is 32.3 Å². The second kappa shape index (κ2) is 8.82. The molecular formula is C19H27FN2O. The van der Waals surface area contributed by atoms with Crippen LogP contribution in [-0.4, -0.2) is 30.4 Å². The molecule has 126 valence electrons. The van der Waals surface area contributed by atoms with Gasteiger partial charge in [0.1, 0.15) is 5.82 Å². The number of amides is 1. The monoisotopic (exact) mass is 318 g/mol. The number of hydrogen-bond acceptors (Lipinski definition) is 2. The maximum absolute atomic E-state index is 13.2. The highest BCUT2D eigenvalue weighted by Gasteiger charge is 2.18. The van der Waals surface area contributed by atoms with Gasteiger partial charge in [0.25, 0.3) is 0 Å². The van der Waals surface area contributed by atoms with Crippen LogP contribution in [0.1, 0.15) is 44.6 Å². The molecule has 1 N–H and O–H groups in total. The molecule has 0 aliphatic heterocycles. The first-order valence-corrected chi connectivity index (χ1v) is 8.46. The van der Waals surface area contributed by atoms with Gasteiger partial charge in [0.2, 0.25) is 5.91 Å². The fraction of sp³-hybridized carbons (Fsp3) is 0.526. The van der Waals surface area contributed by atoms with E-state index >= 15 is 0 Å². The van der Waals surface area contributed by atoms with E-state index in [-0.39, 0.29) is 17.8 Å². The van der Waals surface area contributed by atoms with Crippen LogP contribution in [-0.2, 0) is 11.3 Å². The first-order chi connectivity index (χ1) is 11.1. The van der Waals surface area contributed by atoms with Crippen molar-refractivity contribution in [1.29, 1.82) is 0 Å². The molecule has 0 unspecified atom stereocenters. The van der Waals surface area contributed by atoms with Crippen molar-refractivity contribution in [3.05, 3.63) is 47.3 Å². The summed E-state index contributed by atoms with van der Waals surface area (Å²) < 4.78 is 13.2. The lowest BCUT2D eigenvalue weighted by Crippen LogP contribution is -2.43. The molecule has 1 aliphatic carbocycles. The third-order valence-corrected chi connectivity index (χ3v) is 4.49. The standard InChI is InChI=1S/C19H27FN2O/c1-15(22(2)14-17-9-6-10-18(20)13-17)19(23)21-12-11-16-7-4-3-5-8-16/h6-7,9-10,13,15H,3-5,8,11-12,14H2,1-2H3,(H,21,23)/t15-/m1/s1. The van der Waals surface area contributed by atoms with Crippen LogP contribution in [0.2, 0.25) is 0 Å². The number of nitrogens with one attached hydrogen (secondary N) is 1. The molecule has 2 rings (SSSR count). The maximum atomic E-state index is 13.2. The third-order valence-electron chi connectivity index (χ3n) is 4.49. The second-order valence-corrected chi connectivity index (χ2v) is 6.37. The molecular weight excluding hydrogens is 291 g/mol. The highest BCUT2D eigenvalue weighted by molar-refractivity contribution is 5.81. The largest absolute Gasteiger partial charge is 0.354 e. The Kier molecular flexibility index (Phi) is 6.78. The second-order valence-electron chi connectivity index (χ2n) is 6.37. The molecule has 1 amide bonds. The van der Waals surface area contributed by atoms with Crippen LogP contribution in [0.3, 0.4) is 0 Å². The Labute approximate surface area is 138 Å². The first-order valence-electron chi connectivity index (χ1n) is 8.46. The number of carbonyl (C=O) groups is 1. The van der Waals surface area contributed by atoms with E-state index in [9.17, 15) is 9.18 Å². The van der Waals surface area contributed by atoms with Crippen molar-refractivity contribution in [2.45, 2.75) is 51.6 Å². The number of halogens is 1. The van der Waals surface area contributed by atoms with E-state index in [4.69, 9.17) is 0 Å². The SMILES string of the molecule is C[C@H](C(=O)NCCC1=CCCCC1)N(C)Cc1cccc(F)c1. The lowest BCUT2D eigenvalue weighted by atomic mass is 9.97. The van der Waals surface area contributed by atoms with E-state index in [0.717, 1.165) is 12.0 Å². The van der Waals surface area contributed by atoms with Gasteiger partial charge in [0.05, 0.1) is 6.04 Å². The molecule has 3 nitrogen and oxygen atoms in total. The van der Waals surface area contributed by atoms with Gasteiger partial charge in [-0.1, -0.05) is 23.8 Å². The Morgan fingerprint density at radius 2 is 2.22 bits per heavy atom. The Balaban J connectivity index is 1.75. The Bertz CT molecular complexity index is 556. The lowest BCUT2D eigenvalue weighted by molar-refractivity contribution is -0.125. The predicted octanol–water partition coefficient (Wildman–Crippen LogP) is 3.65. The molecule has 0 saturated carbocycles. The zero-order valence-electron chi connectivity index (χ0n) is 14.1.